The average Bonchev–Trinajstić information content (AvgIpc) is 1.61. The molecule has 0 aromatic heterocycles. The number of rotatable bonds is 3. The maximum Gasteiger partial charge on any atom is 0.0916 e. The van der Waals surface area contributed by atoms with Crippen LogP contribution < -0.4 is 0 Å². The van der Waals surface area contributed by atoms with Gasteiger partial charge in [-0.3, -0.25) is 0 Å². The zero-order valence-electron chi connectivity index (χ0n) is 4.23. The van der Waals surface area contributed by atoms with Crippen LogP contribution in [0.25, 0.3) is 0 Å². The second kappa shape index (κ2) is 5.31. The first-order chi connectivity index (χ1) is 2.91. The van der Waals surface area contributed by atoms with Gasteiger partial charge < -0.3 is 4.74 Å². The molecule has 0 radical (unpaired) electrons. The number of ether oxygens (including phenoxy) is 1. The van der Waals surface area contributed by atoms with Crippen LogP contribution in [0, 0.1) is 0 Å². The second-order valence-corrected chi connectivity index (χ2v) is 2.12. The highest BCUT2D eigenvalue weighted by molar-refractivity contribution is 7.99. The minimum atomic E-state index is 0.830. The summed E-state index contributed by atoms with van der Waals surface area (Å²) < 4.78 is 4.75. The van der Waals surface area contributed by atoms with Crippen molar-refractivity contribution in [2.75, 3.05) is 18.8 Å². The molecule has 0 aliphatic rings. The average molecular weight is 106 g/mol. The van der Waals surface area contributed by atoms with Gasteiger partial charge in [0.2, 0.25) is 0 Å². The third kappa shape index (κ3) is 4.31. The Morgan fingerprint density at radius 3 is 2.50 bits per heavy atom. The Kier molecular flexibility index (Phi) is 5.58. The summed E-state index contributed by atoms with van der Waals surface area (Å²) in [6, 6.07) is 0. The molecular weight excluding hydrogens is 96.1 g/mol. The van der Waals surface area contributed by atoms with E-state index in [0.717, 1.165) is 11.7 Å². The first kappa shape index (κ1) is 6.31. The lowest BCUT2D eigenvalue weighted by Gasteiger charge is -1.89. The molecule has 0 amide bonds. The second-order valence-electron chi connectivity index (χ2n) is 0.899. The zero-order valence-corrected chi connectivity index (χ0v) is 5.05. The van der Waals surface area contributed by atoms with E-state index < -0.39 is 0 Å². The molecule has 0 saturated heterocycles. The van der Waals surface area contributed by atoms with Crippen LogP contribution in [0.2, 0.25) is 0 Å². The first-order valence-electron chi connectivity index (χ1n) is 1.98. The van der Waals surface area contributed by atoms with Crippen molar-refractivity contribution < 1.29 is 4.74 Å². The van der Waals surface area contributed by atoms with Gasteiger partial charge >= 0.3 is 0 Å². The summed E-state index contributed by atoms with van der Waals surface area (Å²) in [7, 11) is 1.71. The monoisotopic (exact) mass is 106 g/mol. The van der Waals surface area contributed by atoms with E-state index in [2.05, 4.69) is 6.92 Å². The fourth-order valence-electron chi connectivity index (χ4n) is 0.167. The van der Waals surface area contributed by atoms with E-state index in [9.17, 15) is 0 Å². The van der Waals surface area contributed by atoms with Gasteiger partial charge in [-0.2, -0.15) is 0 Å². The Labute approximate surface area is 43.1 Å². The minimum absolute atomic E-state index is 0.830. The molecule has 0 aliphatic carbocycles. The Morgan fingerprint density at radius 1 is 1.67 bits per heavy atom. The largest absolute Gasteiger partial charge is 0.374 e. The van der Waals surface area contributed by atoms with Crippen LogP contribution in [0.4, 0.5) is 0 Å². The zero-order chi connectivity index (χ0) is 4.83. The minimum Gasteiger partial charge on any atom is -0.374 e. The molecule has 2 heteroatoms. The normalized spacial score (nSPS) is 9.00. The lowest BCUT2D eigenvalue weighted by Crippen LogP contribution is -1.79. The van der Waals surface area contributed by atoms with Crippen LogP contribution in [0.1, 0.15) is 6.92 Å². The van der Waals surface area contributed by atoms with Gasteiger partial charge in [0.05, 0.1) is 5.94 Å². The van der Waals surface area contributed by atoms with Crippen molar-refractivity contribution in [2.24, 2.45) is 0 Å². The molecule has 0 spiro atoms. The Morgan fingerprint density at radius 2 is 2.33 bits per heavy atom. The molecule has 0 bridgehead atoms. The summed E-state index contributed by atoms with van der Waals surface area (Å²) in [6.45, 7) is 2.11. The summed E-state index contributed by atoms with van der Waals surface area (Å²) >= 11 is 1.79. The van der Waals surface area contributed by atoms with Crippen LogP contribution in [0.3, 0.4) is 0 Å². The van der Waals surface area contributed by atoms with E-state index in [4.69, 9.17) is 4.74 Å². The van der Waals surface area contributed by atoms with Crippen LogP contribution in [0.5, 0.6) is 0 Å². The van der Waals surface area contributed by atoms with E-state index >= 15 is 0 Å². The van der Waals surface area contributed by atoms with Crippen LogP contribution >= 0.6 is 11.8 Å². The topological polar surface area (TPSA) is 9.23 Å². The molecular formula is C4H10OS. The van der Waals surface area contributed by atoms with Crippen LogP contribution in [-0.4, -0.2) is 18.8 Å². The van der Waals surface area contributed by atoms with Crippen molar-refractivity contribution in [2.45, 2.75) is 6.92 Å². The molecule has 38 valence electrons. The Hall–Kier alpha value is 0.310. The fourth-order valence-corrected chi connectivity index (χ4v) is 0.500. The maximum atomic E-state index is 4.75. The van der Waals surface area contributed by atoms with Gasteiger partial charge in [-0.25, -0.2) is 0 Å². The third-order valence-electron chi connectivity index (χ3n) is 0.405. The van der Waals surface area contributed by atoms with Gasteiger partial charge in [0.15, 0.2) is 0 Å². The highest BCUT2D eigenvalue weighted by Gasteiger charge is 1.73. The van der Waals surface area contributed by atoms with Crippen molar-refractivity contribution in [3.05, 3.63) is 0 Å². The fraction of sp³-hybridized carbons (Fsp3) is 1.00. The van der Waals surface area contributed by atoms with Crippen LogP contribution in [-0.2, 0) is 4.74 Å². The van der Waals surface area contributed by atoms with E-state index in [0.29, 0.717) is 0 Å². The number of hydrogen-bond acceptors (Lipinski definition) is 2. The summed E-state index contributed by atoms with van der Waals surface area (Å²) in [5.41, 5.74) is 0. The quantitative estimate of drug-likeness (QED) is 0.396. The van der Waals surface area contributed by atoms with Gasteiger partial charge in [-0.05, 0) is 5.75 Å². The Bertz CT molecular complexity index is 19.5. The lowest BCUT2D eigenvalue weighted by molar-refractivity contribution is 0.259. The van der Waals surface area contributed by atoms with Crippen molar-refractivity contribution in [3.8, 4) is 0 Å². The number of hydrogen-bond donors (Lipinski definition) is 0. The smallest absolute Gasteiger partial charge is 0.0916 e. The highest BCUT2D eigenvalue weighted by Crippen LogP contribution is 1.95. The first-order valence-corrected chi connectivity index (χ1v) is 3.14. The molecule has 0 heterocycles. The van der Waals surface area contributed by atoms with E-state index in [1.54, 1.807) is 18.9 Å². The predicted molar refractivity (Wildman–Crippen MR) is 30.0 cm³/mol. The van der Waals surface area contributed by atoms with Crippen LogP contribution in [0.15, 0.2) is 0 Å². The van der Waals surface area contributed by atoms with Gasteiger partial charge in [-0.15, -0.1) is 11.8 Å². The number of thioether (sulfide) groups is 1. The molecule has 0 aromatic rings. The van der Waals surface area contributed by atoms with Gasteiger partial charge in [0, 0.05) is 7.11 Å². The summed E-state index contributed by atoms with van der Waals surface area (Å²) in [5.74, 6) is 1.98. The van der Waals surface area contributed by atoms with Crippen molar-refractivity contribution in [1.82, 2.24) is 0 Å². The lowest BCUT2D eigenvalue weighted by atomic mass is 11.0. The maximum absolute atomic E-state index is 4.75. The summed E-state index contributed by atoms with van der Waals surface area (Å²) in [5, 5.41) is 0. The molecule has 0 aliphatic heterocycles. The molecule has 6 heavy (non-hydrogen) atoms. The molecule has 0 N–H and O–H groups in total. The predicted octanol–water partition coefficient (Wildman–Crippen LogP) is 1.34. The molecule has 0 fully saturated rings. The molecule has 0 unspecified atom stereocenters. The van der Waals surface area contributed by atoms with E-state index in [1.807, 2.05) is 0 Å². The number of methoxy groups -OCH3 is 1. The summed E-state index contributed by atoms with van der Waals surface area (Å²) in [4.78, 5) is 0. The van der Waals surface area contributed by atoms with E-state index in [1.165, 1.54) is 0 Å². The molecule has 0 rings (SSSR count). The van der Waals surface area contributed by atoms with Crippen molar-refractivity contribution >= 4 is 11.8 Å². The van der Waals surface area contributed by atoms with Crippen molar-refractivity contribution in [3.63, 3.8) is 0 Å². The molecule has 0 atom stereocenters. The molecule has 1 nitrogen and oxygen atoms in total. The van der Waals surface area contributed by atoms with Gasteiger partial charge in [-0.1, -0.05) is 6.92 Å². The van der Waals surface area contributed by atoms with Gasteiger partial charge in [0.1, 0.15) is 0 Å². The van der Waals surface area contributed by atoms with Crippen molar-refractivity contribution in [1.29, 1.82) is 0 Å². The third-order valence-corrected chi connectivity index (χ3v) is 1.22. The summed E-state index contributed by atoms with van der Waals surface area (Å²) in [6.07, 6.45) is 0. The SMILES string of the molecule is CCSCOC. The molecule has 0 saturated carbocycles. The van der Waals surface area contributed by atoms with E-state index in [-0.39, 0.29) is 0 Å². The molecule has 0 aromatic carbocycles. The Balaban J connectivity index is 2.34. The van der Waals surface area contributed by atoms with Gasteiger partial charge in [0.25, 0.3) is 0 Å². The highest BCUT2D eigenvalue weighted by atomic mass is 32.2. The standard InChI is InChI=1S/C4H10OS/c1-3-6-4-5-2/h3-4H2,1-2H3.